The molecule has 1 N–H and O–H groups in total. The van der Waals surface area contributed by atoms with Crippen LogP contribution >= 0.6 is 0 Å². The summed E-state index contributed by atoms with van der Waals surface area (Å²) in [5.74, 6) is 2.67. The number of para-hydroxylation sites is 1. The molecule has 3 heterocycles. The first kappa shape index (κ1) is 13.3. The molecule has 23 heavy (non-hydrogen) atoms. The number of anilines is 2. The normalized spacial score (nSPS) is 10.6. The summed E-state index contributed by atoms with van der Waals surface area (Å²) in [6.07, 6.45) is 3.52. The van der Waals surface area contributed by atoms with Crippen LogP contribution in [0.2, 0.25) is 0 Å². The van der Waals surface area contributed by atoms with E-state index in [4.69, 9.17) is 4.74 Å². The predicted molar refractivity (Wildman–Crippen MR) is 87.0 cm³/mol. The van der Waals surface area contributed by atoms with Crippen molar-refractivity contribution in [2.45, 2.75) is 0 Å². The van der Waals surface area contributed by atoms with Crippen molar-refractivity contribution >= 4 is 17.4 Å². The summed E-state index contributed by atoms with van der Waals surface area (Å²) in [7, 11) is 0. The van der Waals surface area contributed by atoms with E-state index in [0.717, 1.165) is 5.75 Å². The lowest BCUT2D eigenvalue weighted by Gasteiger charge is -2.04. The zero-order chi connectivity index (χ0) is 15.5. The first-order valence-corrected chi connectivity index (χ1v) is 7.14. The van der Waals surface area contributed by atoms with Gasteiger partial charge in [-0.3, -0.25) is 0 Å². The molecule has 6 nitrogen and oxygen atoms in total. The molecule has 0 saturated carbocycles. The van der Waals surface area contributed by atoms with E-state index in [1.165, 1.54) is 0 Å². The summed E-state index contributed by atoms with van der Waals surface area (Å²) in [6.45, 7) is 0. The van der Waals surface area contributed by atoms with E-state index in [9.17, 15) is 0 Å². The maximum atomic E-state index is 5.80. The standard InChI is InChI=1S/C17H13N5O/c1-2-6-13(7-3-1)23-14-9-11-22-16(12-14)20-17(21-22)19-15-8-4-5-10-18-15/h1-12H,(H,18,19,21). The van der Waals surface area contributed by atoms with E-state index in [1.807, 2.05) is 66.9 Å². The Morgan fingerprint density at radius 1 is 0.913 bits per heavy atom. The third kappa shape index (κ3) is 2.96. The molecule has 4 aromatic rings. The Morgan fingerprint density at radius 2 is 1.78 bits per heavy atom. The lowest BCUT2D eigenvalue weighted by Crippen LogP contribution is -1.94. The van der Waals surface area contributed by atoms with Crippen LogP contribution in [0.5, 0.6) is 11.5 Å². The zero-order valence-corrected chi connectivity index (χ0v) is 12.1. The predicted octanol–water partition coefficient (Wildman–Crippen LogP) is 3.66. The van der Waals surface area contributed by atoms with Gasteiger partial charge in [-0.2, -0.15) is 4.98 Å². The molecule has 112 valence electrons. The van der Waals surface area contributed by atoms with Gasteiger partial charge >= 0.3 is 0 Å². The van der Waals surface area contributed by atoms with E-state index < -0.39 is 0 Å². The Labute approximate surface area is 132 Å². The number of rotatable bonds is 4. The smallest absolute Gasteiger partial charge is 0.248 e. The molecule has 0 amide bonds. The first-order valence-electron chi connectivity index (χ1n) is 7.14. The largest absolute Gasteiger partial charge is 0.457 e. The number of ether oxygens (including phenoxy) is 1. The average molecular weight is 303 g/mol. The van der Waals surface area contributed by atoms with Gasteiger partial charge in [0.15, 0.2) is 5.65 Å². The van der Waals surface area contributed by atoms with E-state index in [2.05, 4.69) is 20.4 Å². The van der Waals surface area contributed by atoms with Gasteiger partial charge in [0.05, 0.1) is 0 Å². The molecule has 0 aliphatic rings. The summed E-state index contributed by atoms with van der Waals surface area (Å²) in [6, 6.07) is 18.9. The number of nitrogens with zero attached hydrogens (tertiary/aromatic N) is 4. The molecule has 0 aliphatic heterocycles. The van der Waals surface area contributed by atoms with Gasteiger partial charge in [-0.25, -0.2) is 9.50 Å². The molecule has 0 aliphatic carbocycles. The van der Waals surface area contributed by atoms with E-state index in [1.54, 1.807) is 10.7 Å². The maximum absolute atomic E-state index is 5.80. The highest BCUT2D eigenvalue weighted by molar-refractivity contribution is 5.53. The van der Waals surface area contributed by atoms with Crippen LogP contribution in [0.15, 0.2) is 73.1 Å². The number of benzene rings is 1. The van der Waals surface area contributed by atoms with E-state index in [-0.39, 0.29) is 0 Å². The molecular formula is C17H13N5O. The number of nitrogens with one attached hydrogen (secondary N) is 1. The number of aromatic nitrogens is 4. The monoisotopic (exact) mass is 303 g/mol. The van der Waals surface area contributed by atoms with Crippen molar-refractivity contribution < 1.29 is 4.74 Å². The second kappa shape index (κ2) is 5.76. The second-order valence-corrected chi connectivity index (χ2v) is 4.86. The van der Waals surface area contributed by atoms with Gasteiger partial charge in [0.1, 0.15) is 17.3 Å². The van der Waals surface area contributed by atoms with Gasteiger partial charge < -0.3 is 10.1 Å². The van der Waals surface area contributed by atoms with Gasteiger partial charge in [-0.05, 0) is 30.3 Å². The summed E-state index contributed by atoms with van der Waals surface area (Å²) in [5, 5.41) is 7.42. The quantitative estimate of drug-likeness (QED) is 0.623. The van der Waals surface area contributed by atoms with Crippen molar-refractivity contribution in [3.63, 3.8) is 0 Å². The molecule has 0 fully saturated rings. The number of hydrogen-bond donors (Lipinski definition) is 1. The minimum Gasteiger partial charge on any atom is -0.457 e. The molecule has 0 radical (unpaired) electrons. The number of hydrogen-bond acceptors (Lipinski definition) is 5. The van der Waals surface area contributed by atoms with Crippen molar-refractivity contribution in [2.75, 3.05) is 5.32 Å². The Kier molecular flexibility index (Phi) is 3.32. The summed E-state index contributed by atoms with van der Waals surface area (Å²) in [4.78, 5) is 8.62. The highest BCUT2D eigenvalue weighted by Gasteiger charge is 2.06. The molecule has 1 aromatic carbocycles. The lowest BCUT2D eigenvalue weighted by atomic mass is 10.3. The Balaban J connectivity index is 1.59. The van der Waals surface area contributed by atoms with Crippen LogP contribution in [-0.4, -0.2) is 19.6 Å². The van der Waals surface area contributed by atoms with E-state index in [0.29, 0.717) is 23.2 Å². The molecular weight excluding hydrogens is 290 g/mol. The molecule has 0 bridgehead atoms. The average Bonchev–Trinajstić information content (AvgIpc) is 2.98. The van der Waals surface area contributed by atoms with Crippen molar-refractivity contribution in [1.82, 2.24) is 19.6 Å². The van der Waals surface area contributed by atoms with Crippen molar-refractivity contribution in [1.29, 1.82) is 0 Å². The van der Waals surface area contributed by atoms with Gasteiger partial charge in [0, 0.05) is 18.5 Å². The zero-order valence-electron chi connectivity index (χ0n) is 12.1. The fourth-order valence-electron chi connectivity index (χ4n) is 2.16. The number of pyridine rings is 2. The van der Waals surface area contributed by atoms with Gasteiger partial charge in [0.2, 0.25) is 5.95 Å². The lowest BCUT2D eigenvalue weighted by molar-refractivity contribution is 0.482. The molecule has 3 aromatic heterocycles. The van der Waals surface area contributed by atoms with Crippen molar-refractivity contribution in [3.05, 3.63) is 73.1 Å². The topological polar surface area (TPSA) is 64.3 Å². The van der Waals surface area contributed by atoms with Crippen LogP contribution in [0.3, 0.4) is 0 Å². The molecule has 0 spiro atoms. The summed E-state index contributed by atoms with van der Waals surface area (Å²) in [5.41, 5.74) is 0.692. The molecule has 0 atom stereocenters. The van der Waals surface area contributed by atoms with Crippen LogP contribution in [0, 0.1) is 0 Å². The number of fused-ring (bicyclic) bond motifs is 1. The van der Waals surface area contributed by atoms with Gasteiger partial charge in [-0.15, -0.1) is 5.10 Å². The highest BCUT2D eigenvalue weighted by atomic mass is 16.5. The summed E-state index contributed by atoms with van der Waals surface area (Å²) < 4.78 is 7.48. The Hall–Kier alpha value is -3.41. The fraction of sp³-hybridized carbons (Fsp3) is 0. The highest BCUT2D eigenvalue weighted by Crippen LogP contribution is 2.22. The maximum Gasteiger partial charge on any atom is 0.248 e. The van der Waals surface area contributed by atoms with E-state index >= 15 is 0 Å². The van der Waals surface area contributed by atoms with Crippen LogP contribution in [-0.2, 0) is 0 Å². The van der Waals surface area contributed by atoms with Gasteiger partial charge in [0.25, 0.3) is 0 Å². The van der Waals surface area contributed by atoms with Crippen LogP contribution in [0.25, 0.3) is 5.65 Å². The SMILES string of the molecule is c1ccc(Oc2ccn3nc(Nc4ccccn4)nc3c2)cc1. The Bertz CT molecular complexity index is 882. The van der Waals surface area contributed by atoms with Crippen LogP contribution in [0.1, 0.15) is 0 Å². The third-order valence-electron chi connectivity index (χ3n) is 3.19. The second-order valence-electron chi connectivity index (χ2n) is 4.86. The Morgan fingerprint density at radius 3 is 2.61 bits per heavy atom. The molecule has 0 unspecified atom stereocenters. The van der Waals surface area contributed by atoms with Crippen LogP contribution in [0.4, 0.5) is 11.8 Å². The molecule has 4 rings (SSSR count). The first-order chi connectivity index (χ1) is 11.4. The fourth-order valence-corrected chi connectivity index (χ4v) is 2.16. The minimum atomic E-state index is 0.487. The van der Waals surface area contributed by atoms with Crippen LogP contribution < -0.4 is 10.1 Å². The molecule has 6 heteroatoms. The van der Waals surface area contributed by atoms with Crippen molar-refractivity contribution in [3.8, 4) is 11.5 Å². The summed E-state index contributed by atoms with van der Waals surface area (Å²) >= 11 is 0. The minimum absolute atomic E-state index is 0.487. The molecule has 0 saturated heterocycles. The van der Waals surface area contributed by atoms with Gasteiger partial charge in [-0.1, -0.05) is 24.3 Å². The van der Waals surface area contributed by atoms with Crippen molar-refractivity contribution in [2.24, 2.45) is 0 Å². The third-order valence-corrected chi connectivity index (χ3v) is 3.19.